The van der Waals surface area contributed by atoms with Crippen LogP contribution in [0.15, 0.2) is 60.7 Å². The highest BCUT2D eigenvalue weighted by Gasteiger charge is 2.60. The fourth-order valence-corrected chi connectivity index (χ4v) is 9.11. The minimum Gasteiger partial charge on any atom is -0.480 e. The van der Waals surface area contributed by atoms with Crippen LogP contribution in [0.3, 0.4) is 0 Å². The predicted molar refractivity (Wildman–Crippen MR) is 149 cm³/mol. The lowest BCUT2D eigenvalue weighted by atomic mass is 9.47. The minimum absolute atomic E-state index is 0.233. The lowest BCUT2D eigenvalue weighted by Crippen LogP contribution is -2.66. The van der Waals surface area contributed by atoms with Gasteiger partial charge in [0.2, 0.25) is 0 Å². The van der Waals surface area contributed by atoms with Crippen LogP contribution in [-0.4, -0.2) is 34.1 Å². The average Bonchev–Trinajstić information content (AvgIpc) is 2.91. The number of nitrogens with zero attached hydrogens (tertiary/aromatic N) is 2. The number of rotatable bonds is 5. The van der Waals surface area contributed by atoms with E-state index in [-0.39, 0.29) is 12.5 Å². The second kappa shape index (κ2) is 9.23. The van der Waals surface area contributed by atoms with Gasteiger partial charge in [0.25, 0.3) is 5.91 Å². The van der Waals surface area contributed by atoms with Crippen LogP contribution >= 0.6 is 0 Å². The third-order valence-electron chi connectivity index (χ3n) is 10.3. The van der Waals surface area contributed by atoms with E-state index in [9.17, 15) is 27.9 Å². The highest BCUT2D eigenvalue weighted by molar-refractivity contribution is 6.11. The van der Waals surface area contributed by atoms with Crippen LogP contribution in [0.5, 0.6) is 0 Å². The zero-order valence-corrected chi connectivity index (χ0v) is 22.9. The summed E-state index contributed by atoms with van der Waals surface area (Å²) in [6, 6.07) is 15.5. The first-order valence-electron chi connectivity index (χ1n) is 14.5. The molecule has 4 saturated carbocycles. The molecule has 0 spiro atoms. The molecule has 1 amide bonds. The maximum Gasteiger partial charge on any atom is 0.416 e. The number of carbonyl (C=O) groups is 2. The molecule has 8 rings (SSSR count). The smallest absolute Gasteiger partial charge is 0.416 e. The molecule has 1 heterocycles. The van der Waals surface area contributed by atoms with E-state index in [2.05, 4.69) is 0 Å². The number of carboxylic acid groups (broad SMARTS) is 1. The Morgan fingerprint density at radius 1 is 0.951 bits per heavy atom. The van der Waals surface area contributed by atoms with Crippen LogP contribution in [0.25, 0.3) is 10.8 Å². The van der Waals surface area contributed by atoms with E-state index in [0.717, 1.165) is 61.4 Å². The first-order chi connectivity index (χ1) is 19.5. The summed E-state index contributed by atoms with van der Waals surface area (Å²) < 4.78 is 39.8. The molecule has 4 fully saturated rings. The van der Waals surface area contributed by atoms with E-state index < -0.39 is 35.3 Å². The van der Waals surface area contributed by atoms with E-state index >= 15 is 0 Å². The van der Waals surface area contributed by atoms with Crippen LogP contribution in [0, 0.1) is 23.2 Å². The molecule has 0 saturated heterocycles. The number of carboxylic acids is 1. The molecule has 1 aliphatic heterocycles. The van der Waals surface area contributed by atoms with Gasteiger partial charge in [-0.3, -0.25) is 4.79 Å². The molecule has 0 unspecified atom stereocenters. The summed E-state index contributed by atoms with van der Waals surface area (Å²) in [5.74, 6) is 0.282. The number of alkyl halides is 3. The Morgan fingerprint density at radius 3 is 2.15 bits per heavy atom. The zero-order valence-electron chi connectivity index (χ0n) is 22.9. The third kappa shape index (κ3) is 4.20. The Kier molecular flexibility index (Phi) is 5.93. The predicted octanol–water partition coefficient (Wildman–Crippen LogP) is 7.34. The van der Waals surface area contributed by atoms with Gasteiger partial charge >= 0.3 is 12.1 Å². The van der Waals surface area contributed by atoms with Gasteiger partial charge in [0.15, 0.2) is 0 Å². The van der Waals surface area contributed by atoms with E-state index in [1.807, 2.05) is 42.2 Å². The Bertz CT molecular complexity index is 1500. The Morgan fingerprint density at radius 2 is 1.56 bits per heavy atom. The van der Waals surface area contributed by atoms with Gasteiger partial charge in [-0.2, -0.15) is 13.2 Å². The van der Waals surface area contributed by atoms with Gasteiger partial charge in [-0.15, -0.1) is 0 Å². The summed E-state index contributed by atoms with van der Waals surface area (Å²) in [7, 11) is 0. The fourth-order valence-electron chi connectivity index (χ4n) is 9.11. The molecule has 8 heteroatoms. The fraction of sp³-hybridized carbons (Fsp3) is 0.455. The number of hydrogen-bond donors (Lipinski definition) is 1. The summed E-state index contributed by atoms with van der Waals surface area (Å²) in [6.07, 6.45) is 0.909. The zero-order chi connectivity index (χ0) is 28.7. The van der Waals surface area contributed by atoms with Crippen molar-refractivity contribution in [3.05, 3.63) is 77.4 Å². The number of carbonyl (C=O) groups excluding carboxylic acids is 1. The summed E-state index contributed by atoms with van der Waals surface area (Å²) in [4.78, 5) is 31.2. The molecule has 3 aromatic rings. The van der Waals surface area contributed by atoms with Crippen molar-refractivity contribution in [1.82, 2.24) is 4.90 Å². The first kappa shape index (κ1) is 26.4. The monoisotopic (exact) mass is 562 g/mol. The van der Waals surface area contributed by atoms with Crippen molar-refractivity contribution >= 4 is 28.3 Å². The van der Waals surface area contributed by atoms with Gasteiger partial charge in [-0.25, -0.2) is 4.79 Å². The highest BCUT2D eigenvalue weighted by atomic mass is 19.4. The number of halogens is 3. The van der Waals surface area contributed by atoms with Gasteiger partial charge in [0, 0.05) is 17.3 Å². The normalized spacial score (nSPS) is 29.6. The van der Waals surface area contributed by atoms with Crippen LogP contribution in [0.2, 0.25) is 0 Å². The number of aliphatic carboxylic acids is 1. The lowest BCUT2D eigenvalue weighted by Gasteiger charge is -2.61. The topological polar surface area (TPSA) is 60.9 Å². The second-order valence-corrected chi connectivity index (χ2v) is 12.9. The van der Waals surface area contributed by atoms with Crippen molar-refractivity contribution in [2.45, 2.75) is 70.4 Å². The molecular formula is C33H33F3N2O3. The van der Waals surface area contributed by atoms with E-state index in [0.29, 0.717) is 34.6 Å². The van der Waals surface area contributed by atoms with Crippen LogP contribution < -0.4 is 4.90 Å². The van der Waals surface area contributed by atoms with Crippen molar-refractivity contribution < 1.29 is 27.9 Å². The van der Waals surface area contributed by atoms with Crippen LogP contribution in [-0.2, 0) is 17.5 Å². The Labute approximate surface area is 236 Å². The first-order valence-corrected chi connectivity index (χ1v) is 14.5. The molecule has 5 nitrogen and oxygen atoms in total. The lowest BCUT2D eigenvalue weighted by molar-refractivity contribution is -0.161. The molecule has 0 radical (unpaired) electrons. The van der Waals surface area contributed by atoms with E-state index in [1.54, 1.807) is 11.0 Å². The van der Waals surface area contributed by atoms with Crippen molar-refractivity contribution in [3.63, 3.8) is 0 Å². The van der Waals surface area contributed by atoms with Gasteiger partial charge in [-0.05, 0) is 92.4 Å². The Balaban J connectivity index is 1.34. The standard InChI is InChI=1S/C33H33F3N2O3/c1-19-37(18-20-6-9-25(10-7-20)33(34,35)36)28-26-5-3-2-4-24(26)8-11-27(28)30(39)38(19)29(31(40)41)32-15-21-12-22(16-32)14-23(13-21)17-32/h2-11,19,21-23,29H,12-18H2,1H3,(H,40,41)/t19-,21?,22?,23?,29+,32?/m0/s1. The van der Waals surface area contributed by atoms with E-state index in [1.165, 1.54) is 12.1 Å². The molecule has 4 aliphatic carbocycles. The summed E-state index contributed by atoms with van der Waals surface area (Å²) in [5, 5.41) is 12.6. The summed E-state index contributed by atoms with van der Waals surface area (Å²) in [5.41, 5.74) is 0.609. The third-order valence-corrected chi connectivity index (χ3v) is 10.3. The summed E-state index contributed by atoms with van der Waals surface area (Å²) in [6.45, 7) is 2.10. The van der Waals surface area contributed by atoms with Crippen molar-refractivity contribution in [2.24, 2.45) is 23.2 Å². The number of hydrogen-bond acceptors (Lipinski definition) is 3. The van der Waals surface area contributed by atoms with Crippen LogP contribution in [0.4, 0.5) is 18.9 Å². The number of benzene rings is 3. The maximum absolute atomic E-state index is 14.4. The molecular weight excluding hydrogens is 529 g/mol. The molecule has 1 N–H and O–H groups in total. The average molecular weight is 563 g/mol. The molecule has 0 aromatic heterocycles. The van der Waals surface area contributed by atoms with Gasteiger partial charge in [0.1, 0.15) is 12.2 Å². The molecule has 5 aliphatic rings. The van der Waals surface area contributed by atoms with Gasteiger partial charge in [0.05, 0.1) is 16.8 Å². The van der Waals surface area contributed by atoms with Crippen molar-refractivity contribution in [2.75, 3.05) is 4.90 Å². The van der Waals surface area contributed by atoms with Gasteiger partial charge in [-0.1, -0.05) is 42.5 Å². The molecule has 41 heavy (non-hydrogen) atoms. The van der Waals surface area contributed by atoms with Crippen LogP contribution in [0.1, 0.15) is 66.9 Å². The molecule has 214 valence electrons. The molecule has 3 aromatic carbocycles. The molecule has 2 atom stereocenters. The Hall–Kier alpha value is -3.55. The maximum atomic E-state index is 14.4. The van der Waals surface area contributed by atoms with Gasteiger partial charge < -0.3 is 14.9 Å². The van der Waals surface area contributed by atoms with E-state index in [4.69, 9.17) is 0 Å². The summed E-state index contributed by atoms with van der Waals surface area (Å²) >= 11 is 0. The second-order valence-electron chi connectivity index (χ2n) is 12.9. The SMILES string of the molecule is C[C@H]1N(Cc2ccc(C(F)(F)F)cc2)c2c(ccc3ccccc23)C(=O)N1[C@H](C(=O)O)C12CC3CC(CC(C3)C1)C2. The largest absolute Gasteiger partial charge is 0.480 e. The number of amides is 1. The molecule has 4 bridgehead atoms. The minimum atomic E-state index is -4.43. The van der Waals surface area contributed by atoms with Crippen molar-refractivity contribution in [3.8, 4) is 0 Å². The quantitative estimate of drug-likeness (QED) is 0.354. The number of fused-ring (bicyclic) bond motifs is 3. The van der Waals surface area contributed by atoms with Crippen molar-refractivity contribution in [1.29, 1.82) is 0 Å². The number of anilines is 1. The highest BCUT2D eigenvalue weighted by Crippen LogP contribution is 2.62.